The van der Waals surface area contributed by atoms with E-state index in [2.05, 4.69) is 35.4 Å². The lowest BCUT2D eigenvalue weighted by Gasteiger charge is -2.32. The Hall–Kier alpha value is -3.12. The number of piperidine rings is 1. The molecule has 1 fully saturated rings. The van der Waals surface area contributed by atoms with Gasteiger partial charge in [0.05, 0.1) is 18.7 Å². The van der Waals surface area contributed by atoms with Gasteiger partial charge in [0.2, 0.25) is 5.91 Å². The van der Waals surface area contributed by atoms with E-state index >= 15 is 0 Å². The predicted molar refractivity (Wildman–Crippen MR) is 129 cm³/mol. The van der Waals surface area contributed by atoms with Crippen LogP contribution in [-0.2, 0) is 11.2 Å². The average Bonchev–Trinajstić information content (AvgIpc) is 3.47. The van der Waals surface area contributed by atoms with Crippen LogP contribution in [0.2, 0.25) is 0 Å². The summed E-state index contributed by atoms with van der Waals surface area (Å²) in [6.45, 7) is 4.24. The number of H-pyrrole nitrogens is 1. The minimum absolute atomic E-state index is 0.172. The molecule has 5 rings (SSSR count). The van der Waals surface area contributed by atoms with E-state index in [-0.39, 0.29) is 5.91 Å². The molecule has 4 aromatic rings. The number of benzene rings is 2. The molecule has 1 N–H and O–H groups in total. The van der Waals surface area contributed by atoms with Crippen LogP contribution in [0.1, 0.15) is 36.9 Å². The number of nitrogens with zero attached hydrogens (tertiary/aromatic N) is 2. The van der Waals surface area contributed by atoms with Crippen molar-refractivity contribution in [2.45, 2.75) is 32.1 Å². The van der Waals surface area contributed by atoms with Crippen molar-refractivity contribution in [2.24, 2.45) is 0 Å². The number of carbonyl (C=O) groups excluding carboxylic acids is 1. The summed E-state index contributed by atoms with van der Waals surface area (Å²) in [5.41, 5.74) is 4.47. The SMILES string of the molecule is CCOc1ccc(-c2nc(CC(=O)N3CCC(c4c[nH]c5ccccc45)CC3)cs2)cc1. The van der Waals surface area contributed by atoms with Crippen molar-refractivity contribution in [1.29, 1.82) is 0 Å². The molecule has 5 nitrogen and oxygen atoms in total. The highest BCUT2D eigenvalue weighted by atomic mass is 32.1. The molecular formula is C26H27N3O2S. The molecule has 0 unspecified atom stereocenters. The van der Waals surface area contributed by atoms with Gasteiger partial charge in [-0.3, -0.25) is 4.79 Å². The van der Waals surface area contributed by atoms with Gasteiger partial charge in [0.1, 0.15) is 10.8 Å². The maximum absolute atomic E-state index is 12.9. The second-order valence-electron chi connectivity index (χ2n) is 8.22. The summed E-state index contributed by atoms with van der Waals surface area (Å²) in [4.78, 5) is 23.0. The molecule has 0 aliphatic carbocycles. The van der Waals surface area contributed by atoms with Crippen molar-refractivity contribution in [3.63, 3.8) is 0 Å². The van der Waals surface area contributed by atoms with Gasteiger partial charge in [-0.25, -0.2) is 4.98 Å². The first-order chi connectivity index (χ1) is 15.7. The zero-order chi connectivity index (χ0) is 21.9. The highest BCUT2D eigenvalue weighted by molar-refractivity contribution is 7.13. The Labute approximate surface area is 192 Å². The zero-order valence-corrected chi connectivity index (χ0v) is 19.0. The van der Waals surface area contributed by atoms with Gasteiger partial charge in [-0.15, -0.1) is 11.3 Å². The summed E-state index contributed by atoms with van der Waals surface area (Å²) in [7, 11) is 0. The number of aromatic nitrogens is 2. The topological polar surface area (TPSA) is 58.2 Å². The van der Waals surface area contributed by atoms with Gasteiger partial charge in [-0.1, -0.05) is 18.2 Å². The van der Waals surface area contributed by atoms with Crippen molar-refractivity contribution in [2.75, 3.05) is 19.7 Å². The Morgan fingerprint density at radius 2 is 1.94 bits per heavy atom. The van der Waals surface area contributed by atoms with Gasteiger partial charge in [-0.05, 0) is 61.6 Å². The third kappa shape index (κ3) is 4.28. The number of fused-ring (bicyclic) bond motifs is 1. The van der Waals surface area contributed by atoms with Gasteiger partial charge < -0.3 is 14.6 Å². The van der Waals surface area contributed by atoms with Crippen LogP contribution < -0.4 is 4.74 Å². The number of para-hydroxylation sites is 1. The van der Waals surface area contributed by atoms with Crippen molar-refractivity contribution >= 4 is 28.1 Å². The first kappa shape index (κ1) is 20.8. The number of likely N-dealkylation sites (tertiary alicyclic amines) is 1. The van der Waals surface area contributed by atoms with E-state index in [0.717, 1.165) is 47.9 Å². The molecule has 6 heteroatoms. The van der Waals surface area contributed by atoms with Crippen LogP contribution in [0.15, 0.2) is 60.1 Å². The molecule has 32 heavy (non-hydrogen) atoms. The minimum Gasteiger partial charge on any atom is -0.494 e. The molecular weight excluding hydrogens is 418 g/mol. The number of amides is 1. The molecule has 3 heterocycles. The number of hydrogen-bond donors (Lipinski definition) is 1. The molecule has 1 saturated heterocycles. The first-order valence-corrected chi connectivity index (χ1v) is 12.1. The van der Waals surface area contributed by atoms with Crippen LogP contribution in [0.4, 0.5) is 0 Å². The normalized spacial score (nSPS) is 14.7. The fourth-order valence-electron chi connectivity index (χ4n) is 4.52. The molecule has 0 bridgehead atoms. The zero-order valence-electron chi connectivity index (χ0n) is 18.2. The Morgan fingerprint density at radius 3 is 2.72 bits per heavy atom. The van der Waals surface area contributed by atoms with Crippen molar-refractivity contribution in [3.8, 4) is 16.3 Å². The van der Waals surface area contributed by atoms with Crippen LogP contribution in [0.5, 0.6) is 5.75 Å². The Balaban J connectivity index is 1.18. The molecule has 2 aromatic heterocycles. The number of rotatable bonds is 6. The van der Waals surface area contributed by atoms with Gasteiger partial charge in [0.15, 0.2) is 0 Å². The van der Waals surface area contributed by atoms with Gasteiger partial charge in [-0.2, -0.15) is 0 Å². The summed E-state index contributed by atoms with van der Waals surface area (Å²) in [6.07, 6.45) is 4.51. The first-order valence-electron chi connectivity index (χ1n) is 11.2. The molecule has 0 radical (unpaired) electrons. The van der Waals surface area contributed by atoms with Gasteiger partial charge in [0.25, 0.3) is 0 Å². The van der Waals surface area contributed by atoms with E-state index < -0.39 is 0 Å². The number of thiazole rings is 1. The lowest BCUT2D eigenvalue weighted by atomic mass is 9.89. The maximum Gasteiger partial charge on any atom is 0.228 e. The third-order valence-electron chi connectivity index (χ3n) is 6.21. The predicted octanol–water partition coefficient (Wildman–Crippen LogP) is 5.64. The fourth-order valence-corrected chi connectivity index (χ4v) is 5.35. The van der Waals surface area contributed by atoms with E-state index in [1.807, 2.05) is 41.5 Å². The number of aromatic amines is 1. The summed E-state index contributed by atoms with van der Waals surface area (Å²) in [6, 6.07) is 16.4. The van der Waals surface area contributed by atoms with E-state index in [4.69, 9.17) is 9.72 Å². The average molecular weight is 446 g/mol. The van der Waals surface area contributed by atoms with Crippen LogP contribution >= 0.6 is 11.3 Å². The summed E-state index contributed by atoms with van der Waals surface area (Å²) >= 11 is 1.58. The molecule has 2 aromatic carbocycles. The molecule has 0 saturated carbocycles. The van der Waals surface area contributed by atoms with Crippen molar-refractivity contribution in [1.82, 2.24) is 14.9 Å². The third-order valence-corrected chi connectivity index (χ3v) is 7.15. The Bertz CT molecular complexity index is 1200. The Kier molecular flexibility index (Phi) is 5.95. The lowest BCUT2D eigenvalue weighted by molar-refractivity contribution is -0.131. The largest absolute Gasteiger partial charge is 0.494 e. The van der Waals surface area contributed by atoms with Crippen LogP contribution in [0, 0.1) is 0 Å². The molecule has 1 amide bonds. The smallest absolute Gasteiger partial charge is 0.228 e. The molecule has 1 aliphatic rings. The second-order valence-corrected chi connectivity index (χ2v) is 9.08. The van der Waals surface area contributed by atoms with Crippen molar-refractivity contribution < 1.29 is 9.53 Å². The van der Waals surface area contributed by atoms with E-state index in [0.29, 0.717) is 18.9 Å². The van der Waals surface area contributed by atoms with E-state index in [1.165, 1.54) is 16.5 Å². The van der Waals surface area contributed by atoms with Gasteiger partial charge >= 0.3 is 0 Å². The fraction of sp³-hybridized carbons (Fsp3) is 0.308. The summed E-state index contributed by atoms with van der Waals surface area (Å²) in [5, 5.41) is 4.25. The maximum atomic E-state index is 12.9. The highest BCUT2D eigenvalue weighted by Crippen LogP contribution is 2.33. The summed E-state index contributed by atoms with van der Waals surface area (Å²) in [5.74, 6) is 1.53. The number of carbonyl (C=O) groups is 1. The van der Waals surface area contributed by atoms with E-state index in [9.17, 15) is 4.79 Å². The number of ether oxygens (including phenoxy) is 1. The quantitative estimate of drug-likeness (QED) is 0.418. The van der Waals surface area contributed by atoms with Crippen LogP contribution in [0.25, 0.3) is 21.5 Å². The highest BCUT2D eigenvalue weighted by Gasteiger charge is 2.25. The molecule has 0 spiro atoms. The van der Waals surface area contributed by atoms with Crippen molar-refractivity contribution in [3.05, 3.63) is 71.4 Å². The van der Waals surface area contributed by atoms with E-state index in [1.54, 1.807) is 11.3 Å². The molecule has 0 atom stereocenters. The second kappa shape index (κ2) is 9.17. The van der Waals surface area contributed by atoms with Crippen LogP contribution in [-0.4, -0.2) is 40.5 Å². The molecule has 164 valence electrons. The lowest BCUT2D eigenvalue weighted by Crippen LogP contribution is -2.38. The monoisotopic (exact) mass is 445 g/mol. The number of nitrogens with one attached hydrogen (secondary N) is 1. The minimum atomic E-state index is 0.172. The number of hydrogen-bond acceptors (Lipinski definition) is 4. The van der Waals surface area contributed by atoms with Gasteiger partial charge in [0, 0.05) is 41.1 Å². The molecule has 1 aliphatic heterocycles. The van der Waals surface area contributed by atoms with Crippen LogP contribution in [0.3, 0.4) is 0 Å². The standard InChI is InChI=1S/C26H27N3O2S/c1-2-31-21-9-7-19(8-10-21)26-28-20(17-32-26)15-25(30)29-13-11-18(12-14-29)23-16-27-24-6-4-3-5-22(23)24/h3-10,16-18,27H,2,11-15H2,1H3. The Morgan fingerprint density at radius 1 is 1.16 bits per heavy atom. The summed E-state index contributed by atoms with van der Waals surface area (Å²) < 4.78 is 5.50.